The minimum absolute atomic E-state index is 0.0372. The highest BCUT2D eigenvalue weighted by molar-refractivity contribution is 5.74. The molecule has 0 aliphatic carbocycles. The minimum Gasteiger partial charge on any atom is -0.462 e. The van der Waals surface area contributed by atoms with Crippen LogP contribution in [0.4, 0.5) is 0 Å². The Hall–Kier alpha value is -1.51. The highest BCUT2D eigenvalue weighted by Gasteiger charge is 2.27. The van der Waals surface area contributed by atoms with Crippen molar-refractivity contribution in [3.8, 4) is 0 Å². The molecule has 1 rings (SSSR count). The summed E-state index contributed by atoms with van der Waals surface area (Å²) in [7, 11) is 0. The number of hydrogen-bond acceptors (Lipinski definition) is 3. The van der Waals surface area contributed by atoms with E-state index in [-0.39, 0.29) is 12.1 Å². The number of likely N-dealkylation sites (tertiary alicyclic amines) is 1. The van der Waals surface area contributed by atoms with Crippen molar-refractivity contribution in [3.05, 3.63) is 35.6 Å². The number of hydrogen-bond donors (Lipinski definition) is 0. The highest BCUT2D eigenvalue weighted by atomic mass is 16.5. The molecule has 1 aliphatic heterocycles. The molecule has 0 aromatic rings. The summed E-state index contributed by atoms with van der Waals surface area (Å²) in [6.07, 6.45) is 7.56. The third kappa shape index (κ3) is 6.18. The predicted octanol–water partition coefficient (Wildman–Crippen LogP) is 5.25. The third-order valence-electron chi connectivity index (χ3n) is 4.84. The number of esters is 1. The van der Waals surface area contributed by atoms with Gasteiger partial charge in [0.15, 0.2) is 0 Å². The van der Waals surface area contributed by atoms with Crippen molar-refractivity contribution in [2.75, 3.05) is 13.1 Å². The minimum atomic E-state index is -0.165. The molecule has 0 aromatic carbocycles. The monoisotopic (exact) mass is 333 g/mol. The van der Waals surface area contributed by atoms with Gasteiger partial charge in [-0.1, -0.05) is 39.0 Å². The Labute approximate surface area is 148 Å². The van der Waals surface area contributed by atoms with Crippen LogP contribution in [0.5, 0.6) is 0 Å². The van der Waals surface area contributed by atoms with Gasteiger partial charge in [0.05, 0.1) is 12.5 Å². The molecule has 0 spiro atoms. The Morgan fingerprint density at radius 3 is 2.38 bits per heavy atom. The summed E-state index contributed by atoms with van der Waals surface area (Å²) in [6.45, 7) is 18.7. The molecule has 1 atom stereocenters. The van der Waals surface area contributed by atoms with E-state index < -0.39 is 0 Å². The molecule has 1 aliphatic rings. The first-order valence-corrected chi connectivity index (χ1v) is 9.16. The van der Waals surface area contributed by atoms with Gasteiger partial charge in [-0.25, -0.2) is 0 Å². The van der Waals surface area contributed by atoms with Crippen LogP contribution in [0.2, 0.25) is 0 Å². The smallest absolute Gasteiger partial charge is 0.310 e. The van der Waals surface area contributed by atoms with Gasteiger partial charge >= 0.3 is 5.97 Å². The Bertz CT molecular complexity index is 504. The second-order valence-corrected chi connectivity index (χ2v) is 7.68. The maximum Gasteiger partial charge on any atom is 0.310 e. The summed E-state index contributed by atoms with van der Waals surface area (Å²) < 4.78 is 5.47. The van der Waals surface area contributed by atoms with Crippen molar-refractivity contribution < 1.29 is 9.53 Å². The molecule has 136 valence electrons. The molecule has 0 bridgehead atoms. The molecule has 1 saturated heterocycles. The lowest BCUT2D eigenvalue weighted by molar-refractivity contribution is -0.147. The molecule has 0 aromatic heterocycles. The lowest BCUT2D eigenvalue weighted by Crippen LogP contribution is -2.37. The Balaban J connectivity index is 3.03. The summed E-state index contributed by atoms with van der Waals surface area (Å²) >= 11 is 0. The van der Waals surface area contributed by atoms with Crippen LogP contribution in [0.1, 0.15) is 67.2 Å². The van der Waals surface area contributed by atoms with Crippen LogP contribution >= 0.6 is 0 Å². The lowest BCUT2D eigenvalue weighted by Gasteiger charge is -2.39. The first kappa shape index (κ1) is 20.5. The van der Waals surface area contributed by atoms with Gasteiger partial charge in [-0.15, -0.1) is 0 Å². The van der Waals surface area contributed by atoms with Gasteiger partial charge in [0.1, 0.15) is 0 Å². The van der Waals surface area contributed by atoms with Crippen molar-refractivity contribution in [2.24, 2.45) is 5.41 Å². The number of ether oxygens (including phenoxy) is 1. The molecule has 1 unspecified atom stereocenters. The molecule has 1 heterocycles. The van der Waals surface area contributed by atoms with E-state index in [0.717, 1.165) is 49.2 Å². The maximum atomic E-state index is 12.3. The second-order valence-electron chi connectivity index (χ2n) is 7.68. The third-order valence-corrected chi connectivity index (χ3v) is 4.84. The SMILES string of the molecule is C=C(C)/C(CC(=O)OC(C)CC)=C(\C=CC)N1CCC(C)(C)CC1. The fraction of sp³-hybridized carbons (Fsp3) is 0.667. The molecule has 0 saturated carbocycles. The summed E-state index contributed by atoms with van der Waals surface area (Å²) in [5.74, 6) is -0.165. The average Bonchev–Trinajstić information content (AvgIpc) is 2.50. The number of carbonyl (C=O) groups excluding carboxylic acids is 1. The molecular formula is C21H35NO2. The van der Waals surface area contributed by atoms with Crippen molar-refractivity contribution in [1.82, 2.24) is 4.90 Å². The molecule has 0 radical (unpaired) electrons. The van der Waals surface area contributed by atoms with Crippen molar-refractivity contribution in [3.63, 3.8) is 0 Å². The van der Waals surface area contributed by atoms with Crippen molar-refractivity contribution in [1.29, 1.82) is 0 Å². The van der Waals surface area contributed by atoms with Gasteiger partial charge in [-0.05, 0) is 57.1 Å². The number of nitrogens with zero attached hydrogens (tertiary/aromatic N) is 1. The zero-order valence-electron chi connectivity index (χ0n) is 16.4. The molecule has 3 heteroatoms. The summed E-state index contributed by atoms with van der Waals surface area (Å²) in [5, 5.41) is 0. The van der Waals surface area contributed by atoms with Crippen molar-refractivity contribution in [2.45, 2.75) is 73.3 Å². The zero-order valence-corrected chi connectivity index (χ0v) is 16.4. The Kier molecular flexibility index (Phi) is 7.78. The van der Waals surface area contributed by atoms with Gasteiger partial charge in [-0.3, -0.25) is 4.79 Å². The molecular weight excluding hydrogens is 298 g/mol. The maximum absolute atomic E-state index is 12.3. The largest absolute Gasteiger partial charge is 0.462 e. The van der Waals surface area contributed by atoms with E-state index in [9.17, 15) is 4.79 Å². The van der Waals surface area contributed by atoms with E-state index in [4.69, 9.17) is 4.74 Å². The number of rotatable bonds is 7. The van der Waals surface area contributed by atoms with Crippen molar-refractivity contribution >= 4 is 5.97 Å². The Morgan fingerprint density at radius 2 is 1.92 bits per heavy atom. The molecule has 0 N–H and O–H groups in total. The number of piperidine rings is 1. The fourth-order valence-electron chi connectivity index (χ4n) is 2.86. The molecule has 24 heavy (non-hydrogen) atoms. The zero-order chi connectivity index (χ0) is 18.3. The van der Waals surface area contributed by atoms with E-state index in [0.29, 0.717) is 11.8 Å². The second kappa shape index (κ2) is 9.10. The average molecular weight is 334 g/mol. The van der Waals surface area contributed by atoms with Crippen LogP contribution in [0.15, 0.2) is 35.6 Å². The first-order valence-electron chi connectivity index (χ1n) is 9.16. The van der Waals surface area contributed by atoms with E-state index in [1.54, 1.807) is 0 Å². The quantitative estimate of drug-likeness (QED) is 0.471. The van der Waals surface area contributed by atoms with E-state index in [2.05, 4.69) is 31.4 Å². The van der Waals surface area contributed by atoms with Crippen LogP contribution in [0, 0.1) is 5.41 Å². The van der Waals surface area contributed by atoms with Gasteiger partial charge in [0, 0.05) is 18.8 Å². The van der Waals surface area contributed by atoms with Gasteiger partial charge in [-0.2, -0.15) is 0 Å². The highest BCUT2D eigenvalue weighted by Crippen LogP contribution is 2.33. The fourth-order valence-corrected chi connectivity index (χ4v) is 2.86. The Morgan fingerprint density at radius 1 is 1.33 bits per heavy atom. The van der Waals surface area contributed by atoms with Crippen LogP contribution < -0.4 is 0 Å². The van der Waals surface area contributed by atoms with Gasteiger partial charge in [0.25, 0.3) is 0 Å². The van der Waals surface area contributed by atoms with E-state index >= 15 is 0 Å². The number of carbonyl (C=O) groups is 1. The molecule has 1 fully saturated rings. The van der Waals surface area contributed by atoms with Crippen LogP contribution in [-0.2, 0) is 9.53 Å². The van der Waals surface area contributed by atoms with Crippen LogP contribution in [0.3, 0.4) is 0 Å². The van der Waals surface area contributed by atoms with Gasteiger partial charge in [0.2, 0.25) is 0 Å². The lowest BCUT2D eigenvalue weighted by atomic mass is 9.82. The normalized spacial score (nSPS) is 19.8. The predicted molar refractivity (Wildman–Crippen MR) is 102 cm³/mol. The van der Waals surface area contributed by atoms with E-state index in [1.807, 2.05) is 33.8 Å². The summed E-state index contributed by atoms with van der Waals surface area (Å²) in [6, 6.07) is 0. The topological polar surface area (TPSA) is 29.5 Å². The van der Waals surface area contributed by atoms with Crippen LogP contribution in [0.25, 0.3) is 0 Å². The van der Waals surface area contributed by atoms with E-state index in [1.165, 1.54) is 0 Å². The first-order chi connectivity index (χ1) is 11.2. The molecule has 3 nitrogen and oxygen atoms in total. The standard InChI is InChI=1S/C21H35NO2/c1-8-10-19(22-13-11-21(6,7)12-14-22)18(16(3)4)15-20(23)24-17(5)9-2/h8,10,17H,3,9,11-15H2,1-2,4-7H3/b10-8?,19-18+. The number of allylic oxidation sites excluding steroid dienone is 3. The summed E-state index contributed by atoms with van der Waals surface area (Å²) in [5.41, 5.74) is 3.47. The molecule has 0 amide bonds. The van der Waals surface area contributed by atoms with Gasteiger partial charge < -0.3 is 9.64 Å². The summed E-state index contributed by atoms with van der Waals surface area (Å²) in [4.78, 5) is 14.7. The van der Waals surface area contributed by atoms with Crippen LogP contribution in [-0.4, -0.2) is 30.1 Å².